The number of hydrogen-bond donors (Lipinski definition) is 4. The fourth-order valence-corrected chi connectivity index (χ4v) is 6.43. The maximum absolute atomic E-state index is 13.6. The van der Waals surface area contributed by atoms with Crippen molar-refractivity contribution in [2.45, 2.75) is 50.6 Å². The van der Waals surface area contributed by atoms with Crippen LogP contribution in [0.2, 0.25) is 5.02 Å². The molecule has 3 aliphatic rings. The van der Waals surface area contributed by atoms with E-state index in [9.17, 15) is 27.6 Å². The SMILES string of the molecule is O=C(Nc1ccc(C(=O)N2CCN(C(=O)C3CCNCC3)CC2)c(Cl)c1)c1ncc(Cc2c(C(F)(F)F)n[nH]c2C2CCC2)[nH]1. The number of carbonyl (C=O) groups excluding carboxylic acids is 3. The number of hydrogen-bond acceptors (Lipinski definition) is 6. The minimum Gasteiger partial charge on any atom is -0.339 e. The van der Waals surface area contributed by atoms with E-state index in [2.05, 4.69) is 30.8 Å². The number of piperidine rings is 1. The van der Waals surface area contributed by atoms with Crippen LogP contribution >= 0.6 is 11.6 Å². The van der Waals surface area contributed by atoms with Gasteiger partial charge in [0.05, 0.1) is 10.6 Å². The van der Waals surface area contributed by atoms with E-state index >= 15 is 0 Å². The first-order valence-corrected chi connectivity index (χ1v) is 15.5. The predicted molar refractivity (Wildman–Crippen MR) is 159 cm³/mol. The number of halogens is 4. The molecule has 3 fully saturated rings. The zero-order valence-corrected chi connectivity index (χ0v) is 25.2. The van der Waals surface area contributed by atoms with E-state index in [4.69, 9.17) is 11.6 Å². The van der Waals surface area contributed by atoms with E-state index in [1.807, 2.05) is 4.90 Å². The summed E-state index contributed by atoms with van der Waals surface area (Å²) in [5.41, 5.74) is 0.510. The van der Waals surface area contributed by atoms with Crippen molar-refractivity contribution in [3.8, 4) is 0 Å². The molecule has 3 amide bonds. The fourth-order valence-electron chi connectivity index (χ4n) is 6.17. The Morgan fingerprint density at radius 2 is 1.73 bits per heavy atom. The average molecular weight is 647 g/mol. The molecule has 0 unspecified atom stereocenters. The Hall–Kier alpha value is -3.91. The molecule has 6 rings (SSSR count). The van der Waals surface area contributed by atoms with Crippen molar-refractivity contribution in [2.24, 2.45) is 5.92 Å². The van der Waals surface area contributed by atoms with Gasteiger partial charge in [-0.1, -0.05) is 18.0 Å². The molecule has 11 nitrogen and oxygen atoms in total. The lowest BCUT2D eigenvalue weighted by atomic mass is 9.80. The number of nitrogens with zero attached hydrogens (tertiary/aromatic N) is 4. The Balaban J connectivity index is 1.06. The van der Waals surface area contributed by atoms with Crippen LogP contribution in [0.4, 0.5) is 18.9 Å². The van der Waals surface area contributed by atoms with E-state index in [1.54, 1.807) is 11.0 Å². The second-order valence-corrected chi connectivity index (χ2v) is 12.2. The quantitative estimate of drug-likeness (QED) is 0.304. The molecule has 4 heterocycles. The zero-order chi connectivity index (χ0) is 31.7. The summed E-state index contributed by atoms with van der Waals surface area (Å²) in [7, 11) is 0. The van der Waals surface area contributed by atoms with Crippen LogP contribution in [-0.4, -0.2) is 87.0 Å². The van der Waals surface area contributed by atoms with Crippen LogP contribution in [0.15, 0.2) is 24.4 Å². The molecule has 1 saturated carbocycles. The van der Waals surface area contributed by atoms with E-state index in [0.717, 1.165) is 45.2 Å². The van der Waals surface area contributed by atoms with Gasteiger partial charge < -0.3 is 25.4 Å². The van der Waals surface area contributed by atoms with Gasteiger partial charge in [0.15, 0.2) is 11.5 Å². The van der Waals surface area contributed by atoms with E-state index < -0.39 is 17.8 Å². The van der Waals surface area contributed by atoms with Crippen molar-refractivity contribution in [3.63, 3.8) is 0 Å². The molecule has 15 heteroatoms. The normalized spacial score (nSPS) is 18.1. The molecular formula is C30H34ClF3N8O3. The second kappa shape index (κ2) is 12.8. The van der Waals surface area contributed by atoms with Crippen molar-refractivity contribution < 1.29 is 27.6 Å². The van der Waals surface area contributed by atoms with Crippen LogP contribution in [-0.2, 0) is 17.4 Å². The third-order valence-corrected chi connectivity index (χ3v) is 9.23. The van der Waals surface area contributed by atoms with E-state index in [-0.39, 0.29) is 52.0 Å². The number of anilines is 1. The number of carbonyl (C=O) groups is 3. The lowest BCUT2D eigenvalue weighted by Gasteiger charge is -2.37. The molecule has 3 aromatic rings. The Bertz CT molecular complexity index is 1570. The average Bonchev–Trinajstić information content (AvgIpc) is 3.64. The second-order valence-electron chi connectivity index (χ2n) is 11.8. The molecule has 2 saturated heterocycles. The van der Waals surface area contributed by atoms with Gasteiger partial charge in [0, 0.05) is 73.3 Å². The number of amides is 3. The number of rotatable bonds is 7. The van der Waals surface area contributed by atoms with Crippen molar-refractivity contribution in [1.29, 1.82) is 0 Å². The first-order chi connectivity index (χ1) is 21.6. The van der Waals surface area contributed by atoms with Crippen LogP contribution < -0.4 is 10.6 Å². The highest BCUT2D eigenvalue weighted by molar-refractivity contribution is 6.34. The third kappa shape index (κ3) is 6.71. The number of piperazine rings is 1. The number of aromatic amines is 2. The minimum atomic E-state index is -4.61. The van der Waals surface area contributed by atoms with Gasteiger partial charge in [-0.25, -0.2) is 4.98 Å². The highest BCUT2D eigenvalue weighted by Gasteiger charge is 2.40. The molecule has 45 heavy (non-hydrogen) atoms. The molecule has 2 aliphatic heterocycles. The molecule has 1 aliphatic carbocycles. The number of nitrogens with one attached hydrogen (secondary N) is 4. The molecule has 240 valence electrons. The highest BCUT2D eigenvalue weighted by atomic mass is 35.5. The first kappa shape index (κ1) is 31.1. The monoisotopic (exact) mass is 646 g/mol. The molecule has 2 aromatic heterocycles. The zero-order valence-electron chi connectivity index (χ0n) is 24.5. The molecule has 0 spiro atoms. The van der Waals surface area contributed by atoms with Crippen molar-refractivity contribution in [1.82, 2.24) is 35.3 Å². The molecule has 0 radical (unpaired) electrons. The van der Waals surface area contributed by atoms with Gasteiger partial charge >= 0.3 is 6.18 Å². The van der Waals surface area contributed by atoms with Crippen molar-refractivity contribution >= 4 is 35.0 Å². The Labute approximate surface area is 262 Å². The summed E-state index contributed by atoms with van der Waals surface area (Å²) in [5, 5.41) is 12.2. The Morgan fingerprint density at radius 1 is 1.02 bits per heavy atom. The summed E-state index contributed by atoms with van der Waals surface area (Å²) in [4.78, 5) is 49.3. The third-order valence-electron chi connectivity index (χ3n) is 8.92. The maximum atomic E-state index is 13.6. The number of H-pyrrole nitrogens is 2. The van der Waals surface area contributed by atoms with Gasteiger partial charge in [-0.05, 0) is 57.0 Å². The summed E-state index contributed by atoms with van der Waals surface area (Å²) in [5.74, 6) is -0.778. The van der Waals surface area contributed by atoms with E-state index in [1.165, 1.54) is 18.3 Å². The van der Waals surface area contributed by atoms with Gasteiger partial charge in [0.2, 0.25) is 5.91 Å². The summed E-state index contributed by atoms with van der Waals surface area (Å²) in [6.07, 6.45) is 0.816. The van der Waals surface area contributed by atoms with Crippen molar-refractivity contribution in [3.05, 3.63) is 63.5 Å². The number of alkyl halides is 3. The predicted octanol–water partition coefficient (Wildman–Crippen LogP) is 4.20. The van der Waals surface area contributed by atoms with Crippen LogP contribution in [0.25, 0.3) is 0 Å². The molecule has 1 aromatic carbocycles. The van der Waals surface area contributed by atoms with Crippen molar-refractivity contribution in [2.75, 3.05) is 44.6 Å². The molecule has 0 bridgehead atoms. The number of imidazole rings is 1. The van der Waals surface area contributed by atoms with Gasteiger partial charge in [0.25, 0.3) is 11.8 Å². The maximum Gasteiger partial charge on any atom is 0.435 e. The van der Waals surface area contributed by atoms with E-state index in [0.29, 0.717) is 43.3 Å². The van der Waals surface area contributed by atoms with Gasteiger partial charge in [-0.15, -0.1) is 0 Å². The Kier molecular flexibility index (Phi) is 8.87. The van der Waals surface area contributed by atoms with Crippen LogP contribution in [0.3, 0.4) is 0 Å². The first-order valence-electron chi connectivity index (χ1n) is 15.2. The smallest absolute Gasteiger partial charge is 0.339 e. The molecule has 4 N–H and O–H groups in total. The summed E-state index contributed by atoms with van der Waals surface area (Å²) < 4.78 is 40.9. The standard InChI is InChI=1S/C30H34ClF3N8O3/c31-23-15-19(4-5-21(23)29(45)42-12-10-41(11-13-42)28(44)18-6-8-35-9-7-18)38-27(43)26-36-16-20(37-26)14-22-24(17-2-1-3-17)39-40-25(22)30(32,33)34/h4-5,15-18,35H,1-3,6-14H2,(H,36,37)(H,38,43)(H,39,40). The molecular weight excluding hydrogens is 613 g/mol. The number of benzene rings is 1. The Morgan fingerprint density at radius 3 is 2.38 bits per heavy atom. The van der Waals surface area contributed by atoms with Gasteiger partial charge in [0.1, 0.15) is 0 Å². The lowest BCUT2D eigenvalue weighted by molar-refractivity contribution is -0.141. The molecule has 0 atom stereocenters. The number of aromatic nitrogens is 4. The van der Waals surface area contributed by atoms with Crippen LogP contribution in [0.1, 0.15) is 81.6 Å². The van der Waals surface area contributed by atoms with Gasteiger partial charge in [-0.2, -0.15) is 18.3 Å². The largest absolute Gasteiger partial charge is 0.435 e. The van der Waals surface area contributed by atoms with Crippen LogP contribution in [0, 0.1) is 5.92 Å². The summed E-state index contributed by atoms with van der Waals surface area (Å²) in [6.45, 7) is 3.40. The summed E-state index contributed by atoms with van der Waals surface area (Å²) >= 11 is 6.45. The topological polar surface area (TPSA) is 139 Å². The lowest BCUT2D eigenvalue weighted by Crippen LogP contribution is -2.52. The van der Waals surface area contributed by atoms with Gasteiger partial charge in [-0.3, -0.25) is 19.5 Å². The minimum absolute atomic E-state index is 0.00639. The summed E-state index contributed by atoms with van der Waals surface area (Å²) in [6, 6.07) is 4.53. The highest BCUT2D eigenvalue weighted by Crippen LogP contribution is 2.41. The van der Waals surface area contributed by atoms with Crippen LogP contribution in [0.5, 0.6) is 0 Å². The fraction of sp³-hybridized carbons (Fsp3) is 0.500.